The topological polar surface area (TPSA) is 46.9 Å². The molecule has 3 rings (SSSR count). The predicted molar refractivity (Wildman–Crippen MR) is 87.2 cm³/mol. The van der Waals surface area contributed by atoms with Crippen molar-refractivity contribution in [3.63, 3.8) is 0 Å². The number of rotatable bonds is 5. The van der Waals surface area contributed by atoms with E-state index >= 15 is 0 Å². The van der Waals surface area contributed by atoms with Crippen LogP contribution in [0.15, 0.2) is 30.6 Å². The van der Waals surface area contributed by atoms with Crippen LogP contribution in [0.4, 0.5) is 0 Å². The molecular formula is C16H17Cl2N3O. The van der Waals surface area contributed by atoms with Crippen molar-refractivity contribution >= 4 is 29.1 Å². The lowest BCUT2D eigenvalue weighted by Gasteiger charge is -2.06. The van der Waals surface area contributed by atoms with E-state index in [0.717, 1.165) is 24.0 Å². The molecule has 1 aliphatic carbocycles. The number of aromatic nitrogens is 2. The normalized spacial score (nSPS) is 20.0. The van der Waals surface area contributed by atoms with Gasteiger partial charge in [-0.1, -0.05) is 29.3 Å². The first-order valence-corrected chi connectivity index (χ1v) is 8.00. The van der Waals surface area contributed by atoms with Gasteiger partial charge in [0, 0.05) is 35.8 Å². The minimum atomic E-state index is 0.0209. The Bertz CT molecular complexity index is 698. The van der Waals surface area contributed by atoms with Crippen molar-refractivity contribution in [1.29, 1.82) is 0 Å². The minimum Gasteiger partial charge on any atom is -0.356 e. The lowest BCUT2D eigenvalue weighted by Crippen LogP contribution is -2.27. The highest BCUT2D eigenvalue weighted by Gasteiger charge is 2.44. The molecule has 1 amide bonds. The second-order valence-corrected chi connectivity index (χ2v) is 6.52. The fourth-order valence-electron chi connectivity index (χ4n) is 2.69. The summed E-state index contributed by atoms with van der Waals surface area (Å²) < 4.78 is 1.76. The molecule has 4 nitrogen and oxygen atoms in total. The second kappa shape index (κ2) is 6.31. The van der Waals surface area contributed by atoms with Crippen molar-refractivity contribution < 1.29 is 4.79 Å². The van der Waals surface area contributed by atoms with Crippen molar-refractivity contribution in [3.05, 3.63) is 51.8 Å². The summed E-state index contributed by atoms with van der Waals surface area (Å²) in [6.45, 7) is 0.627. The molecule has 0 radical (unpaired) electrons. The van der Waals surface area contributed by atoms with Crippen LogP contribution in [0.5, 0.6) is 0 Å². The summed E-state index contributed by atoms with van der Waals surface area (Å²) >= 11 is 12.1. The maximum Gasteiger partial charge on any atom is 0.223 e. The first-order chi connectivity index (χ1) is 10.5. The molecule has 0 spiro atoms. The molecule has 0 aliphatic heterocycles. The smallest absolute Gasteiger partial charge is 0.223 e. The lowest BCUT2D eigenvalue weighted by molar-refractivity contribution is -0.122. The summed E-state index contributed by atoms with van der Waals surface area (Å²) in [6.07, 6.45) is 5.41. The van der Waals surface area contributed by atoms with E-state index in [2.05, 4.69) is 10.4 Å². The van der Waals surface area contributed by atoms with Gasteiger partial charge in [0.25, 0.3) is 0 Å². The number of nitrogens with one attached hydrogen (secondary N) is 1. The van der Waals surface area contributed by atoms with Crippen molar-refractivity contribution in [1.82, 2.24) is 15.1 Å². The van der Waals surface area contributed by atoms with Gasteiger partial charge >= 0.3 is 0 Å². The Labute approximate surface area is 139 Å². The van der Waals surface area contributed by atoms with Crippen LogP contribution in [0.1, 0.15) is 23.5 Å². The molecule has 2 atom stereocenters. The van der Waals surface area contributed by atoms with Gasteiger partial charge < -0.3 is 5.32 Å². The average Bonchev–Trinajstić information content (AvgIpc) is 3.15. The van der Waals surface area contributed by atoms with Crippen molar-refractivity contribution in [2.45, 2.75) is 18.8 Å². The zero-order valence-corrected chi connectivity index (χ0v) is 13.7. The van der Waals surface area contributed by atoms with E-state index in [1.165, 1.54) is 0 Å². The maximum absolute atomic E-state index is 12.2. The number of carbonyl (C=O) groups excluding carboxylic acids is 1. The first kappa shape index (κ1) is 15.4. The molecule has 1 fully saturated rings. The van der Waals surface area contributed by atoms with Crippen LogP contribution in [-0.4, -0.2) is 22.2 Å². The predicted octanol–water partition coefficient (Wildman–Crippen LogP) is 3.19. The van der Waals surface area contributed by atoms with Gasteiger partial charge in [0.2, 0.25) is 5.91 Å². The number of nitrogens with zero attached hydrogens (tertiary/aromatic N) is 2. The molecule has 1 aromatic heterocycles. The Morgan fingerprint density at radius 3 is 2.95 bits per heavy atom. The molecule has 0 bridgehead atoms. The summed E-state index contributed by atoms with van der Waals surface area (Å²) in [5, 5.41) is 8.36. The van der Waals surface area contributed by atoms with E-state index in [4.69, 9.17) is 23.2 Å². The fraction of sp³-hybridized carbons (Fsp3) is 0.375. The SMILES string of the molecule is Cn1cc(CCNC(=O)[C@H]2C[C@H]2c2ccc(Cl)cc2Cl)cn1. The third-order valence-electron chi connectivity index (χ3n) is 3.96. The average molecular weight is 338 g/mol. The Hall–Kier alpha value is -1.52. The molecule has 6 heteroatoms. The van der Waals surface area contributed by atoms with Gasteiger partial charge in [0.15, 0.2) is 0 Å². The van der Waals surface area contributed by atoms with Crippen LogP contribution in [0.25, 0.3) is 0 Å². The molecule has 0 saturated heterocycles. The molecule has 1 N–H and O–H groups in total. The van der Waals surface area contributed by atoms with E-state index in [-0.39, 0.29) is 17.7 Å². The number of hydrogen-bond acceptors (Lipinski definition) is 2. The van der Waals surface area contributed by atoms with Crippen LogP contribution < -0.4 is 5.32 Å². The van der Waals surface area contributed by atoms with E-state index in [1.54, 1.807) is 10.7 Å². The van der Waals surface area contributed by atoms with Crippen molar-refractivity contribution in [2.24, 2.45) is 13.0 Å². The van der Waals surface area contributed by atoms with Crippen LogP contribution in [-0.2, 0) is 18.3 Å². The van der Waals surface area contributed by atoms with Gasteiger partial charge in [-0.05, 0) is 42.0 Å². The van der Waals surface area contributed by atoms with Crippen LogP contribution in [0.3, 0.4) is 0 Å². The highest BCUT2D eigenvalue weighted by atomic mass is 35.5. The second-order valence-electron chi connectivity index (χ2n) is 5.68. The Kier molecular flexibility index (Phi) is 4.41. The zero-order chi connectivity index (χ0) is 15.7. The highest BCUT2D eigenvalue weighted by molar-refractivity contribution is 6.35. The molecule has 116 valence electrons. The number of amides is 1. The molecule has 1 aromatic carbocycles. The Morgan fingerprint density at radius 2 is 2.27 bits per heavy atom. The highest BCUT2D eigenvalue weighted by Crippen LogP contribution is 2.49. The van der Waals surface area contributed by atoms with Crippen LogP contribution in [0.2, 0.25) is 10.0 Å². The summed E-state index contributed by atoms with van der Waals surface area (Å²) in [4.78, 5) is 12.2. The molecule has 2 aromatic rings. The summed E-state index contributed by atoms with van der Waals surface area (Å²) in [6, 6.07) is 5.46. The lowest BCUT2D eigenvalue weighted by atomic mass is 10.1. The van der Waals surface area contributed by atoms with Gasteiger partial charge in [-0.15, -0.1) is 0 Å². The van der Waals surface area contributed by atoms with E-state index in [1.807, 2.05) is 31.6 Å². The molecule has 22 heavy (non-hydrogen) atoms. The molecule has 1 heterocycles. The molecule has 0 unspecified atom stereocenters. The molecule has 1 saturated carbocycles. The summed E-state index contributed by atoms with van der Waals surface area (Å²) in [5.41, 5.74) is 2.13. The third-order valence-corrected chi connectivity index (χ3v) is 4.52. The van der Waals surface area contributed by atoms with Gasteiger partial charge in [-0.25, -0.2) is 0 Å². The number of hydrogen-bond donors (Lipinski definition) is 1. The monoisotopic (exact) mass is 337 g/mol. The van der Waals surface area contributed by atoms with Gasteiger partial charge in [-0.2, -0.15) is 5.10 Å². The largest absolute Gasteiger partial charge is 0.356 e. The van der Waals surface area contributed by atoms with E-state index < -0.39 is 0 Å². The number of carbonyl (C=O) groups is 1. The Balaban J connectivity index is 1.50. The fourth-order valence-corrected chi connectivity index (χ4v) is 3.24. The van der Waals surface area contributed by atoms with E-state index in [9.17, 15) is 4.79 Å². The number of halogens is 2. The number of benzene rings is 1. The van der Waals surface area contributed by atoms with Crippen LogP contribution >= 0.6 is 23.2 Å². The third kappa shape index (κ3) is 3.45. The van der Waals surface area contributed by atoms with E-state index in [0.29, 0.717) is 16.6 Å². The molecular weight excluding hydrogens is 321 g/mol. The van der Waals surface area contributed by atoms with Crippen molar-refractivity contribution in [3.8, 4) is 0 Å². The van der Waals surface area contributed by atoms with Crippen molar-refractivity contribution in [2.75, 3.05) is 6.54 Å². The quantitative estimate of drug-likeness (QED) is 0.910. The Morgan fingerprint density at radius 1 is 1.45 bits per heavy atom. The maximum atomic E-state index is 12.2. The van der Waals surface area contributed by atoms with Gasteiger partial charge in [-0.3, -0.25) is 9.48 Å². The zero-order valence-electron chi connectivity index (χ0n) is 12.2. The number of aryl methyl sites for hydroxylation is 1. The summed E-state index contributed by atoms with van der Waals surface area (Å²) in [5.74, 6) is 0.329. The minimum absolute atomic E-state index is 0.0209. The van der Waals surface area contributed by atoms with Crippen LogP contribution in [0, 0.1) is 5.92 Å². The summed E-state index contributed by atoms with van der Waals surface area (Å²) in [7, 11) is 1.88. The standard InChI is InChI=1S/C16H17Cl2N3O/c1-21-9-10(8-20-21)4-5-19-16(22)14-7-13(14)12-3-2-11(17)6-15(12)18/h2-3,6,8-9,13-14H,4-5,7H2,1H3,(H,19,22)/t13-,14-/m0/s1. The van der Waals surface area contributed by atoms with Gasteiger partial charge in [0.05, 0.1) is 6.20 Å². The van der Waals surface area contributed by atoms with Gasteiger partial charge in [0.1, 0.15) is 0 Å². The first-order valence-electron chi connectivity index (χ1n) is 7.25. The molecule has 1 aliphatic rings.